The maximum absolute atomic E-state index is 12.5. The van der Waals surface area contributed by atoms with Crippen molar-refractivity contribution in [3.05, 3.63) is 46.5 Å². The third kappa shape index (κ3) is 4.41. The van der Waals surface area contributed by atoms with Crippen molar-refractivity contribution in [2.24, 2.45) is 11.8 Å². The molecule has 0 radical (unpaired) electrons. The van der Waals surface area contributed by atoms with Crippen molar-refractivity contribution in [1.82, 2.24) is 9.97 Å². The Morgan fingerprint density at radius 3 is 2.59 bits per heavy atom. The number of nitrogens with zero attached hydrogens (tertiary/aromatic N) is 1. The molecule has 6 heteroatoms. The van der Waals surface area contributed by atoms with Crippen LogP contribution >= 0.6 is 23.4 Å². The van der Waals surface area contributed by atoms with Gasteiger partial charge in [-0.1, -0.05) is 23.7 Å². The molecule has 1 saturated carbocycles. The fourth-order valence-electron chi connectivity index (χ4n) is 3.79. The van der Waals surface area contributed by atoms with Crippen molar-refractivity contribution >= 4 is 29.1 Å². The highest BCUT2D eigenvalue weighted by Gasteiger charge is 2.34. The first kappa shape index (κ1) is 19.0. The molecule has 1 aromatic heterocycles. The average molecular weight is 405 g/mol. The molecule has 1 aliphatic heterocycles. The van der Waals surface area contributed by atoms with Gasteiger partial charge < -0.3 is 9.72 Å². The predicted molar refractivity (Wildman–Crippen MR) is 109 cm³/mol. The number of H-pyrrole nitrogens is 1. The summed E-state index contributed by atoms with van der Waals surface area (Å²) in [6.45, 7) is 1.65. The van der Waals surface area contributed by atoms with Crippen LogP contribution in [0.3, 0.4) is 0 Å². The van der Waals surface area contributed by atoms with Crippen LogP contribution < -0.4 is 0 Å². The van der Waals surface area contributed by atoms with Crippen LogP contribution in [0.1, 0.15) is 59.9 Å². The van der Waals surface area contributed by atoms with Gasteiger partial charge in [-0.2, -0.15) is 0 Å². The van der Waals surface area contributed by atoms with Crippen LogP contribution in [0.25, 0.3) is 0 Å². The van der Waals surface area contributed by atoms with Crippen molar-refractivity contribution in [1.29, 1.82) is 0 Å². The predicted octanol–water partition coefficient (Wildman–Crippen LogP) is 5.33. The summed E-state index contributed by atoms with van der Waals surface area (Å²) in [6.07, 6.45) is 7.13. The maximum Gasteiger partial charge on any atom is 0.187 e. The first-order chi connectivity index (χ1) is 13.2. The van der Waals surface area contributed by atoms with E-state index in [-0.39, 0.29) is 17.6 Å². The third-order valence-corrected chi connectivity index (χ3v) is 6.63. The number of Topliss-reactive ketones (excluding diaryl/α,β-unsaturated/α-hetero) is 1. The van der Waals surface area contributed by atoms with E-state index in [9.17, 15) is 4.79 Å². The second kappa shape index (κ2) is 8.38. The van der Waals surface area contributed by atoms with Crippen LogP contribution in [0.4, 0.5) is 0 Å². The van der Waals surface area contributed by atoms with Gasteiger partial charge in [0.15, 0.2) is 5.78 Å². The molecule has 27 heavy (non-hydrogen) atoms. The zero-order valence-corrected chi connectivity index (χ0v) is 17.1. The molecule has 1 aromatic carbocycles. The normalized spacial score (nSPS) is 19.2. The largest absolute Gasteiger partial charge is 0.381 e. The second-order valence-corrected chi connectivity index (χ2v) is 8.80. The molecular formula is C21H25ClN2O2S. The number of rotatable bonds is 7. The van der Waals surface area contributed by atoms with Gasteiger partial charge >= 0.3 is 0 Å². The Morgan fingerprint density at radius 2 is 1.96 bits per heavy atom. The highest BCUT2D eigenvalue weighted by atomic mass is 35.5. The Balaban J connectivity index is 1.63. The zero-order valence-electron chi connectivity index (χ0n) is 15.5. The number of aromatic nitrogens is 2. The number of halogens is 1. The summed E-state index contributed by atoms with van der Waals surface area (Å²) in [6, 6.07) is 8.65. The van der Waals surface area contributed by atoms with E-state index in [0.717, 1.165) is 51.1 Å². The van der Waals surface area contributed by atoms with Crippen molar-refractivity contribution in [3.8, 4) is 0 Å². The summed E-state index contributed by atoms with van der Waals surface area (Å²) in [7, 11) is 0. The molecule has 1 aliphatic carbocycles. The highest BCUT2D eigenvalue weighted by Crippen LogP contribution is 2.37. The van der Waals surface area contributed by atoms with Gasteiger partial charge in [0.2, 0.25) is 0 Å². The average Bonchev–Trinajstić information content (AvgIpc) is 3.49. The summed E-state index contributed by atoms with van der Waals surface area (Å²) in [5.41, 5.74) is 1.64. The van der Waals surface area contributed by atoms with Crippen molar-refractivity contribution in [2.75, 3.05) is 19.5 Å². The summed E-state index contributed by atoms with van der Waals surface area (Å²) in [5, 5.41) is 0.389. The van der Waals surface area contributed by atoms with Crippen LogP contribution in [0.5, 0.6) is 0 Å². The van der Waals surface area contributed by atoms with E-state index in [2.05, 4.69) is 40.5 Å². The number of hydrogen-bond donors (Lipinski definition) is 1. The fourth-order valence-corrected chi connectivity index (χ4v) is 4.43. The Morgan fingerprint density at radius 1 is 1.26 bits per heavy atom. The standard InChI is InChI=1S/C21H25ClN2O2S/c1-27-16-6-4-14(5-7-16)17(12-13-8-10-26-11-9-13)21-23-18(20(22)24-21)19(25)15-2-3-15/h4-7,13,15,17H,2-3,8-12H2,1H3,(H,23,24). The number of carbonyl (C=O) groups is 1. The van der Waals surface area contributed by atoms with Crippen LogP contribution in [-0.4, -0.2) is 35.2 Å². The number of thioether (sulfide) groups is 1. The molecule has 2 aliphatic rings. The van der Waals surface area contributed by atoms with E-state index in [1.54, 1.807) is 11.8 Å². The minimum atomic E-state index is 0.0880. The SMILES string of the molecule is CSc1ccc(C(CC2CCOCC2)c2nc(C(=O)C3CC3)c(Cl)[nH]2)cc1. The molecular weight excluding hydrogens is 380 g/mol. The number of ketones is 1. The van der Waals surface area contributed by atoms with Crippen LogP contribution in [0.2, 0.25) is 5.15 Å². The molecule has 0 amide bonds. The number of carbonyl (C=O) groups excluding carboxylic acids is 1. The minimum absolute atomic E-state index is 0.0880. The zero-order chi connectivity index (χ0) is 18.8. The molecule has 1 saturated heterocycles. The lowest BCUT2D eigenvalue weighted by atomic mass is 9.84. The molecule has 0 spiro atoms. The monoisotopic (exact) mass is 404 g/mol. The Hall–Kier alpha value is -1.30. The fraction of sp³-hybridized carbons (Fsp3) is 0.524. The first-order valence-electron chi connectivity index (χ1n) is 9.67. The summed E-state index contributed by atoms with van der Waals surface area (Å²) in [4.78, 5) is 21.6. The smallest absolute Gasteiger partial charge is 0.187 e. The van der Waals surface area contributed by atoms with Crippen LogP contribution in [0, 0.1) is 11.8 Å². The molecule has 4 nitrogen and oxygen atoms in total. The third-order valence-electron chi connectivity index (χ3n) is 5.62. The maximum atomic E-state index is 12.5. The Bertz CT molecular complexity index is 795. The summed E-state index contributed by atoms with van der Waals surface area (Å²) >= 11 is 8.11. The second-order valence-electron chi connectivity index (χ2n) is 7.54. The van der Waals surface area contributed by atoms with Crippen LogP contribution in [-0.2, 0) is 4.74 Å². The van der Waals surface area contributed by atoms with Gasteiger partial charge in [0, 0.05) is 29.9 Å². The van der Waals surface area contributed by atoms with Gasteiger partial charge in [-0.15, -0.1) is 11.8 Å². The van der Waals surface area contributed by atoms with E-state index < -0.39 is 0 Å². The lowest BCUT2D eigenvalue weighted by Crippen LogP contribution is -2.19. The van der Waals surface area contributed by atoms with E-state index in [1.165, 1.54) is 10.5 Å². The Kier molecular flexibility index (Phi) is 5.90. The molecule has 2 heterocycles. The topological polar surface area (TPSA) is 55.0 Å². The first-order valence-corrected chi connectivity index (χ1v) is 11.3. The summed E-state index contributed by atoms with van der Waals surface area (Å²) in [5.74, 6) is 1.73. The molecule has 2 aromatic rings. The number of ether oxygens (including phenoxy) is 1. The number of benzene rings is 1. The number of aromatic amines is 1. The molecule has 144 valence electrons. The number of imidazole rings is 1. The lowest BCUT2D eigenvalue weighted by molar-refractivity contribution is 0.0625. The molecule has 1 atom stereocenters. The molecule has 0 bridgehead atoms. The minimum Gasteiger partial charge on any atom is -0.381 e. The van der Waals surface area contributed by atoms with Crippen molar-refractivity contribution in [2.45, 2.75) is 42.9 Å². The number of hydrogen-bond acceptors (Lipinski definition) is 4. The number of nitrogens with one attached hydrogen (secondary N) is 1. The lowest BCUT2D eigenvalue weighted by Gasteiger charge is -2.26. The van der Waals surface area contributed by atoms with Gasteiger partial charge in [0.1, 0.15) is 16.7 Å². The Labute approximate surface area is 169 Å². The van der Waals surface area contributed by atoms with Gasteiger partial charge in [-0.3, -0.25) is 4.79 Å². The van der Waals surface area contributed by atoms with E-state index in [4.69, 9.17) is 16.3 Å². The molecule has 1 unspecified atom stereocenters. The summed E-state index contributed by atoms with van der Waals surface area (Å²) < 4.78 is 5.52. The quantitative estimate of drug-likeness (QED) is 0.500. The van der Waals surface area contributed by atoms with Crippen molar-refractivity contribution in [3.63, 3.8) is 0 Å². The van der Waals surface area contributed by atoms with E-state index in [0.29, 0.717) is 16.8 Å². The molecule has 4 rings (SSSR count). The van der Waals surface area contributed by atoms with Gasteiger partial charge in [0.05, 0.1) is 0 Å². The molecule has 1 N–H and O–H groups in total. The van der Waals surface area contributed by atoms with E-state index in [1.807, 2.05) is 0 Å². The van der Waals surface area contributed by atoms with E-state index >= 15 is 0 Å². The van der Waals surface area contributed by atoms with Gasteiger partial charge in [-0.25, -0.2) is 4.98 Å². The van der Waals surface area contributed by atoms with Gasteiger partial charge in [-0.05, 0) is 62.0 Å². The van der Waals surface area contributed by atoms with Gasteiger partial charge in [0.25, 0.3) is 0 Å². The van der Waals surface area contributed by atoms with Crippen molar-refractivity contribution < 1.29 is 9.53 Å². The highest BCUT2D eigenvalue weighted by molar-refractivity contribution is 7.98. The van der Waals surface area contributed by atoms with Crippen LogP contribution in [0.15, 0.2) is 29.2 Å². The molecule has 2 fully saturated rings.